The van der Waals surface area contributed by atoms with Gasteiger partial charge >= 0.3 is 0 Å². The minimum absolute atomic E-state index is 0.498. The molecule has 2 rings (SSSR count). The van der Waals surface area contributed by atoms with E-state index in [1.807, 2.05) is 0 Å². The van der Waals surface area contributed by atoms with Crippen LogP contribution in [0, 0.1) is 11.3 Å². The summed E-state index contributed by atoms with van der Waals surface area (Å²) in [6.07, 6.45) is 3.67. The third-order valence-corrected chi connectivity index (χ3v) is 3.87. The van der Waals surface area contributed by atoms with Crippen LogP contribution in [0.3, 0.4) is 0 Å². The van der Waals surface area contributed by atoms with Crippen molar-refractivity contribution in [1.29, 1.82) is 5.26 Å². The molecule has 1 aliphatic heterocycles. The predicted octanol–water partition coefficient (Wildman–Crippen LogP) is 1.81. The van der Waals surface area contributed by atoms with Gasteiger partial charge in [0.2, 0.25) is 0 Å². The molecule has 0 aromatic carbocycles. The lowest BCUT2D eigenvalue weighted by Gasteiger charge is -2.21. The predicted molar refractivity (Wildman–Crippen MR) is 63.1 cm³/mol. The third-order valence-electron chi connectivity index (χ3n) is 2.52. The second kappa shape index (κ2) is 5.19. The highest BCUT2D eigenvalue weighted by molar-refractivity contribution is 8.00. The molecule has 2 heterocycles. The van der Waals surface area contributed by atoms with Gasteiger partial charge < -0.3 is 10.5 Å². The van der Waals surface area contributed by atoms with Crippen LogP contribution in [0.5, 0.6) is 0 Å². The number of hydrogen-bond donors (Lipinski definition) is 1. The van der Waals surface area contributed by atoms with Gasteiger partial charge in [-0.1, -0.05) is 0 Å². The molecule has 0 saturated carbocycles. The maximum atomic E-state index is 8.86. The van der Waals surface area contributed by atoms with E-state index in [2.05, 4.69) is 11.1 Å². The first kappa shape index (κ1) is 11.2. The number of ether oxygens (including phenoxy) is 1. The van der Waals surface area contributed by atoms with Crippen LogP contribution in [0.4, 0.5) is 5.69 Å². The molecule has 0 unspecified atom stereocenters. The van der Waals surface area contributed by atoms with Crippen molar-refractivity contribution in [3.8, 4) is 6.07 Å². The van der Waals surface area contributed by atoms with E-state index < -0.39 is 0 Å². The van der Waals surface area contributed by atoms with Crippen molar-refractivity contribution in [2.45, 2.75) is 23.1 Å². The first-order chi connectivity index (χ1) is 7.81. The molecule has 0 aliphatic carbocycles. The normalized spacial score (nSPS) is 16.9. The van der Waals surface area contributed by atoms with Crippen molar-refractivity contribution < 1.29 is 4.74 Å². The minimum atomic E-state index is 0.498. The molecule has 0 spiro atoms. The summed E-state index contributed by atoms with van der Waals surface area (Å²) < 4.78 is 5.30. The lowest BCUT2D eigenvalue weighted by atomic mass is 10.2. The molecule has 0 radical (unpaired) electrons. The summed E-state index contributed by atoms with van der Waals surface area (Å²) in [5.41, 5.74) is 6.88. The number of anilines is 1. The molecule has 0 amide bonds. The van der Waals surface area contributed by atoms with E-state index in [9.17, 15) is 0 Å². The summed E-state index contributed by atoms with van der Waals surface area (Å²) in [4.78, 5) is 4.23. The average Bonchev–Trinajstić information content (AvgIpc) is 2.33. The van der Waals surface area contributed by atoms with Gasteiger partial charge in [0.15, 0.2) is 0 Å². The zero-order valence-corrected chi connectivity index (χ0v) is 9.67. The van der Waals surface area contributed by atoms with Gasteiger partial charge in [-0.15, -0.1) is 11.8 Å². The van der Waals surface area contributed by atoms with Crippen molar-refractivity contribution >= 4 is 17.4 Å². The topological polar surface area (TPSA) is 71.9 Å². The molecule has 1 fully saturated rings. The van der Waals surface area contributed by atoms with Crippen molar-refractivity contribution in [3.63, 3.8) is 0 Å². The van der Waals surface area contributed by atoms with Gasteiger partial charge in [0.25, 0.3) is 0 Å². The van der Waals surface area contributed by atoms with Gasteiger partial charge in [-0.3, -0.25) is 0 Å². The summed E-state index contributed by atoms with van der Waals surface area (Å²) in [6.45, 7) is 1.60. The highest BCUT2D eigenvalue weighted by Gasteiger charge is 2.17. The lowest BCUT2D eigenvalue weighted by Crippen LogP contribution is -2.17. The SMILES string of the molecule is N#Cc1ccnc(SC2CCOCC2)c1N. The van der Waals surface area contributed by atoms with Gasteiger partial charge in [-0.25, -0.2) is 4.98 Å². The van der Waals surface area contributed by atoms with Crippen LogP contribution in [0.1, 0.15) is 18.4 Å². The average molecular weight is 235 g/mol. The van der Waals surface area contributed by atoms with Crippen LogP contribution in [0.15, 0.2) is 17.3 Å². The van der Waals surface area contributed by atoms with Gasteiger partial charge in [-0.05, 0) is 18.9 Å². The maximum Gasteiger partial charge on any atom is 0.121 e. The van der Waals surface area contributed by atoms with Gasteiger partial charge in [0.05, 0.1) is 11.3 Å². The molecule has 2 N–H and O–H groups in total. The highest BCUT2D eigenvalue weighted by atomic mass is 32.2. The van der Waals surface area contributed by atoms with Gasteiger partial charge in [0.1, 0.15) is 11.1 Å². The fourth-order valence-electron chi connectivity index (χ4n) is 1.60. The van der Waals surface area contributed by atoms with Crippen LogP contribution in [-0.4, -0.2) is 23.4 Å². The van der Waals surface area contributed by atoms with Crippen LogP contribution < -0.4 is 5.73 Å². The Morgan fingerprint density at radius 2 is 2.25 bits per heavy atom. The number of thioether (sulfide) groups is 1. The first-order valence-electron chi connectivity index (χ1n) is 5.20. The van der Waals surface area contributed by atoms with E-state index in [-0.39, 0.29) is 0 Å². The number of nitriles is 1. The Morgan fingerprint density at radius 3 is 2.94 bits per heavy atom. The largest absolute Gasteiger partial charge is 0.395 e. The second-order valence-electron chi connectivity index (χ2n) is 3.62. The number of nitrogens with two attached hydrogens (primary N) is 1. The molecule has 5 heteroatoms. The first-order valence-corrected chi connectivity index (χ1v) is 6.08. The summed E-state index contributed by atoms with van der Waals surface area (Å²) in [7, 11) is 0. The Bertz CT molecular complexity index is 410. The van der Waals surface area contributed by atoms with E-state index in [4.69, 9.17) is 15.7 Å². The Kier molecular flexibility index (Phi) is 3.65. The van der Waals surface area contributed by atoms with E-state index in [1.165, 1.54) is 0 Å². The number of hydrogen-bond acceptors (Lipinski definition) is 5. The minimum Gasteiger partial charge on any atom is -0.395 e. The number of nitrogens with zero attached hydrogens (tertiary/aromatic N) is 2. The summed E-state index contributed by atoms with van der Waals surface area (Å²) >= 11 is 1.65. The van der Waals surface area contributed by atoms with Crippen molar-refractivity contribution in [2.24, 2.45) is 0 Å². The molecule has 1 aromatic heterocycles. The van der Waals surface area contributed by atoms with Crippen LogP contribution in [0.25, 0.3) is 0 Å². The summed E-state index contributed by atoms with van der Waals surface area (Å²) in [6, 6.07) is 3.71. The fourth-order valence-corrected chi connectivity index (χ4v) is 2.70. The van der Waals surface area contributed by atoms with Gasteiger partial charge in [-0.2, -0.15) is 5.26 Å². The Balaban J connectivity index is 2.12. The standard InChI is InChI=1S/C11H13N3OS/c12-7-8-1-4-14-11(10(8)13)16-9-2-5-15-6-3-9/h1,4,9H,2-3,5-6,13H2. The molecule has 1 saturated heterocycles. The summed E-state index contributed by atoms with van der Waals surface area (Å²) in [5.74, 6) is 0. The molecule has 0 bridgehead atoms. The van der Waals surface area contributed by atoms with Crippen molar-refractivity contribution in [2.75, 3.05) is 18.9 Å². The monoisotopic (exact) mass is 235 g/mol. The van der Waals surface area contributed by atoms with E-state index in [0.29, 0.717) is 16.5 Å². The zero-order chi connectivity index (χ0) is 11.4. The quantitative estimate of drug-likeness (QED) is 0.846. The lowest BCUT2D eigenvalue weighted by molar-refractivity contribution is 0.1000. The molecule has 1 aromatic rings. The second-order valence-corrected chi connectivity index (χ2v) is 4.91. The van der Waals surface area contributed by atoms with Crippen molar-refractivity contribution in [1.82, 2.24) is 4.98 Å². The Labute approximate surface area is 98.8 Å². The molecule has 4 nitrogen and oxygen atoms in total. The summed E-state index contributed by atoms with van der Waals surface area (Å²) in [5, 5.41) is 10.1. The molecule has 84 valence electrons. The Hall–Kier alpha value is -1.25. The zero-order valence-electron chi connectivity index (χ0n) is 8.85. The number of aromatic nitrogens is 1. The van der Waals surface area contributed by atoms with Crippen LogP contribution in [-0.2, 0) is 4.74 Å². The van der Waals surface area contributed by atoms with Gasteiger partial charge in [0, 0.05) is 24.7 Å². The molecule has 0 atom stereocenters. The number of rotatable bonds is 2. The van der Waals surface area contributed by atoms with Crippen LogP contribution >= 0.6 is 11.8 Å². The fraction of sp³-hybridized carbons (Fsp3) is 0.455. The maximum absolute atomic E-state index is 8.86. The molecular formula is C11H13N3OS. The molecular weight excluding hydrogens is 222 g/mol. The third kappa shape index (κ3) is 2.46. The highest BCUT2D eigenvalue weighted by Crippen LogP contribution is 2.32. The molecule has 16 heavy (non-hydrogen) atoms. The van der Waals surface area contributed by atoms with Crippen molar-refractivity contribution in [3.05, 3.63) is 17.8 Å². The molecule has 1 aliphatic rings. The van der Waals surface area contributed by atoms with E-state index in [0.717, 1.165) is 31.1 Å². The van der Waals surface area contributed by atoms with Crippen LogP contribution in [0.2, 0.25) is 0 Å². The number of nitrogen functional groups attached to an aromatic ring is 1. The number of pyridine rings is 1. The smallest absolute Gasteiger partial charge is 0.121 e. The van der Waals surface area contributed by atoms with E-state index in [1.54, 1.807) is 24.0 Å². The van der Waals surface area contributed by atoms with E-state index >= 15 is 0 Å². The Morgan fingerprint density at radius 1 is 1.50 bits per heavy atom.